The quantitative estimate of drug-likeness (QED) is 0.525. The Labute approximate surface area is 197 Å². The second-order valence-electron chi connectivity index (χ2n) is 8.17. The lowest BCUT2D eigenvalue weighted by atomic mass is 10.2. The van der Waals surface area contributed by atoms with Crippen molar-refractivity contribution in [1.82, 2.24) is 24.6 Å². The Kier molecular flexibility index (Phi) is 5.75. The summed E-state index contributed by atoms with van der Waals surface area (Å²) in [7, 11) is 1.35. The molecule has 1 fully saturated rings. The van der Waals surface area contributed by atoms with Gasteiger partial charge in [-0.1, -0.05) is 0 Å². The third-order valence-electron chi connectivity index (χ3n) is 5.96. The molecule has 13 heteroatoms. The number of nitrogens with zero attached hydrogens (tertiary/aromatic N) is 7. The van der Waals surface area contributed by atoms with Crippen molar-refractivity contribution in [3.8, 4) is 6.01 Å². The van der Waals surface area contributed by atoms with Crippen molar-refractivity contribution in [2.75, 3.05) is 29.9 Å². The zero-order valence-corrected chi connectivity index (χ0v) is 18.6. The average molecular weight is 487 g/mol. The smallest absolute Gasteiger partial charge is 0.324 e. The van der Waals surface area contributed by atoms with Crippen LogP contribution in [-0.4, -0.2) is 62.8 Å². The van der Waals surface area contributed by atoms with E-state index in [1.54, 1.807) is 34.2 Å². The number of hydrogen-bond donors (Lipinski definition) is 0. The monoisotopic (exact) mass is 487 g/mol. The summed E-state index contributed by atoms with van der Waals surface area (Å²) in [6.07, 6.45) is 4.34. The van der Waals surface area contributed by atoms with Crippen LogP contribution in [0.15, 0.2) is 36.8 Å². The van der Waals surface area contributed by atoms with Gasteiger partial charge in [-0.2, -0.15) is 5.10 Å². The van der Waals surface area contributed by atoms with Crippen LogP contribution in [0.1, 0.15) is 12.1 Å². The number of aromatic nitrogens is 4. The fourth-order valence-electron chi connectivity index (χ4n) is 4.16. The summed E-state index contributed by atoms with van der Waals surface area (Å²) in [6.45, 7) is 1.02. The number of carbonyl (C=O) groups is 2. The van der Waals surface area contributed by atoms with Gasteiger partial charge in [0.1, 0.15) is 6.10 Å². The van der Waals surface area contributed by atoms with Crippen LogP contribution in [0.5, 0.6) is 6.01 Å². The predicted octanol–water partition coefficient (Wildman–Crippen LogP) is 2.35. The topological polar surface area (TPSA) is 96.7 Å². The summed E-state index contributed by atoms with van der Waals surface area (Å²) in [5, 5.41) is 4.34. The van der Waals surface area contributed by atoms with Gasteiger partial charge < -0.3 is 14.5 Å². The van der Waals surface area contributed by atoms with E-state index in [0.717, 1.165) is 17.0 Å². The first kappa shape index (κ1) is 22.6. The van der Waals surface area contributed by atoms with Crippen LogP contribution in [0.2, 0.25) is 0 Å². The van der Waals surface area contributed by atoms with Crippen molar-refractivity contribution in [3.05, 3.63) is 59.9 Å². The Hall–Kier alpha value is -4.16. The summed E-state index contributed by atoms with van der Waals surface area (Å²) in [5.74, 6) is -4.54. The van der Waals surface area contributed by atoms with E-state index in [4.69, 9.17) is 4.74 Å². The Morgan fingerprint density at radius 2 is 1.86 bits per heavy atom. The molecule has 1 atom stereocenters. The molecule has 0 unspecified atom stereocenters. The molecule has 1 saturated heterocycles. The predicted molar refractivity (Wildman–Crippen MR) is 116 cm³/mol. The summed E-state index contributed by atoms with van der Waals surface area (Å²) in [6, 6.07) is 2.82. The zero-order valence-electron chi connectivity index (χ0n) is 18.6. The Balaban J connectivity index is 1.32. The molecule has 4 heterocycles. The van der Waals surface area contributed by atoms with Gasteiger partial charge in [0.15, 0.2) is 17.5 Å². The first-order valence-electron chi connectivity index (χ1n) is 10.8. The summed E-state index contributed by atoms with van der Waals surface area (Å²) in [4.78, 5) is 37.9. The van der Waals surface area contributed by atoms with Gasteiger partial charge in [0.2, 0.25) is 5.91 Å². The normalized spacial score (nSPS) is 17.5. The molecular weight excluding hydrogens is 467 g/mol. The number of hydrogen-bond acceptors (Lipinski definition) is 6. The molecule has 1 aromatic carbocycles. The molecule has 2 aliphatic rings. The number of amides is 3. The van der Waals surface area contributed by atoms with E-state index in [2.05, 4.69) is 15.1 Å². The molecule has 0 bridgehead atoms. The molecule has 2 aliphatic heterocycles. The molecule has 10 nitrogen and oxygen atoms in total. The molecule has 35 heavy (non-hydrogen) atoms. The molecule has 3 amide bonds. The van der Waals surface area contributed by atoms with Crippen molar-refractivity contribution >= 4 is 23.3 Å². The van der Waals surface area contributed by atoms with E-state index in [1.807, 2.05) is 0 Å². The summed E-state index contributed by atoms with van der Waals surface area (Å²) in [5.41, 5.74) is 1.07. The van der Waals surface area contributed by atoms with Gasteiger partial charge in [0.05, 0.1) is 49.3 Å². The van der Waals surface area contributed by atoms with Crippen LogP contribution in [0.25, 0.3) is 0 Å². The minimum absolute atomic E-state index is 0.113. The van der Waals surface area contributed by atoms with Gasteiger partial charge in [-0.25, -0.2) is 27.9 Å². The molecule has 0 spiro atoms. The van der Waals surface area contributed by atoms with E-state index in [0.29, 0.717) is 17.9 Å². The second kappa shape index (κ2) is 8.89. The Morgan fingerprint density at radius 3 is 2.57 bits per heavy atom. The highest BCUT2D eigenvalue weighted by molar-refractivity contribution is 5.97. The van der Waals surface area contributed by atoms with Crippen molar-refractivity contribution in [3.63, 3.8) is 0 Å². The third-order valence-corrected chi connectivity index (χ3v) is 5.96. The standard InChI is InChI=1S/C22H20F3N7O3/c1-29(13-7-15(23)20(25)16(24)8-13)22(34)30-5-6-32-18(12-30)17(10-28-32)31-11-14(9-19(31)33)35-21-26-3-2-4-27-21/h2-4,7-8,10,14H,5-6,9,11-12H2,1H3/t14-/m0/s1. The van der Waals surface area contributed by atoms with Crippen molar-refractivity contribution in [2.45, 2.75) is 25.6 Å². The minimum Gasteiger partial charge on any atom is -0.458 e. The number of halogens is 3. The Bertz CT molecular complexity index is 1260. The van der Waals surface area contributed by atoms with Crippen LogP contribution >= 0.6 is 0 Å². The third kappa shape index (κ3) is 4.24. The first-order valence-corrected chi connectivity index (χ1v) is 10.8. The number of benzene rings is 1. The maximum absolute atomic E-state index is 13.7. The molecular formula is C22H20F3N7O3. The highest BCUT2D eigenvalue weighted by Gasteiger charge is 2.36. The van der Waals surface area contributed by atoms with Crippen LogP contribution < -0.4 is 14.5 Å². The van der Waals surface area contributed by atoms with Gasteiger partial charge in [0.25, 0.3) is 0 Å². The van der Waals surface area contributed by atoms with Gasteiger partial charge >= 0.3 is 12.0 Å². The van der Waals surface area contributed by atoms with Gasteiger partial charge in [-0.05, 0) is 6.07 Å². The number of anilines is 2. The van der Waals surface area contributed by atoms with Crippen molar-refractivity contribution in [2.24, 2.45) is 0 Å². The summed E-state index contributed by atoms with van der Waals surface area (Å²) >= 11 is 0. The fourth-order valence-corrected chi connectivity index (χ4v) is 4.16. The van der Waals surface area contributed by atoms with E-state index in [-0.39, 0.29) is 43.7 Å². The van der Waals surface area contributed by atoms with Gasteiger partial charge in [0, 0.05) is 38.1 Å². The maximum Gasteiger partial charge on any atom is 0.324 e. The van der Waals surface area contributed by atoms with Crippen LogP contribution in [-0.2, 0) is 17.9 Å². The van der Waals surface area contributed by atoms with Gasteiger partial charge in [-0.3, -0.25) is 14.4 Å². The lowest BCUT2D eigenvalue weighted by Crippen LogP contribution is -2.45. The van der Waals surface area contributed by atoms with Crippen LogP contribution in [0.4, 0.5) is 29.3 Å². The van der Waals surface area contributed by atoms with Crippen molar-refractivity contribution in [1.29, 1.82) is 0 Å². The molecule has 0 aliphatic carbocycles. The van der Waals surface area contributed by atoms with E-state index in [9.17, 15) is 22.8 Å². The van der Waals surface area contributed by atoms with E-state index >= 15 is 0 Å². The van der Waals surface area contributed by atoms with Crippen molar-refractivity contribution < 1.29 is 27.5 Å². The molecule has 0 N–H and O–H groups in total. The minimum atomic E-state index is -1.60. The van der Waals surface area contributed by atoms with Crippen LogP contribution in [0, 0.1) is 17.5 Å². The fraction of sp³-hybridized carbons (Fsp3) is 0.318. The number of urea groups is 1. The lowest BCUT2D eigenvalue weighted by Gasteiger charge is -2.32. The Morgan fingerprint density at radius 1 is 1.14 bits per heavy atom. The number of ether oxygens (including phenoxy) is 1. The molecule has 182 valence electrons. The highest BCUT2D eigenvalue weighted by Crippen LogP contribution is 2.30. The number of rotatable bonds is 4. The van der Waals surface area contributed by atoms with E-state index < -0.39 is 29.6 Å². The molecule has 3 aromatic rings. The van der Waals surface area contributed by atoms with Crippen LogP contribution in [0.3, 0.4) is 0 Å². The number of carbonyl (C=O) groups excluding carboxylic acids is 2. The largest absolute Gasteiger partial charge is 0.458 e. The number of fused-ring (bicyclic) bond motifs is 1. The van der Waals surface area contributed by atoms with Gasteiger partial charge in [-0.15, -0.1) is 0 Å². The zero-order chi connectivity index (χ0) is 24.7. The summed E-state index contributed by atoms with van der Waals surface area (Å²) < 4.78 is 48.1. The van der Waals surface area contributed by atoms with E-state index in [1.165, 1.54) is 11.9 Å². The molecule has 5 rings (SSSR count). The molecule has 0 radical (unpaired) electrons. The molecule has 0 saturated carbocycles. The average Bonchev–Trinajstić information content (AvgIpc) is 3.43. The lowest BCUT2D eigenvalue weighted by molar-refractivity contribution is -0.117. The SMILES string of the molecule is CN(C(=O)N1CCn2ncc(N3C[C@@H](Oc4ncccn4)CC3=O)c2C1)c1cc(F)c(F)c(F)c1. The molecule has 2 aromatic heterocycles. The first-order chi connectivity index (χ1) is 16.8. The highest BCUT2D eigenvalue weighted by atomic mass is 19.2. The second-order valence-corrected chi connectivity index (χ2v) is 8.17. The maximum atomic E-state index is 13.7.